The lowest BCUT2D eigenvalue weighted by Gasteiger charge is -2.42. The first-order chi connectivity index (χ1) is 27.9. The van der Waals surface area contributed by atoms with Crippen LogP contribution in [-0.4, -0.2) is 136 Å². The van der Waals surface area contributed by atoms with E-state index in [4.69, 9.17) is 23.7 Å². The number of aliphatic hydroxyl groups is 7. The molecule has 6 rings (SSSR count). The number of carbonyl (C=O) groups is 2. The number of aliphatic hydroxyl groups excluding tert-OH is 5. The molecule has 1 unspecified atom stereocenters. The van der Waals surface area contributed by atoms with Crippen molar-refractivity contribution in [3.8, 4) is 34.5 Å². The summed E-state index contributed by atoms with van der Waals surface area (Å²) in [4.78, 5) is 25.9. The van der Waals surface area contributed by atoms with E-state index in [-0.39, 0.29) is 34.3 Å². The van der Waals surface area contributed by atoms with Gasteiger partial charge in [-0.2, -0.15) is 0 Å². The van der Waals surface area contributed by atoms with Gasteiger partial charge in [-0.15, -0.1) is 0 Å². The minimum Gasteiger partial charge on any atom is -0.571 e. The van der Waals surface area contributed by atoms with Crippen molar-refractivity contribution < 1.29 is 89.1 Å². The molecule has 0 spiro atoms. The Bertz CT molecular complexity index is 2150. The third-order valence-electron chi connectivity index (χ3n) is 10.3. The van der Waals surface area contributed by atoms with Crippen LogP contribution in [0.4, 0.5) is 0 Å². The molecular formula is C41H45O18+. The van der Waals surface area contributed by atoms with Crippen LogP contribution in [0.1, 0.15) is 46.8 Å². The minimum absolute atomic E-state index is 0.0245. The molecule has 10 atom stereocenters. The fraction of sp³-hybridized carbons (Fsp3) is 0.366. The van der Waals surface area contributed by atoms with Crippen molar-refractivity contribution in [1.29, 1.82) is 0 Å². The van der Waals surface area contributed by atoms with Crippen molar-refractivity contribution in [3.05, 3.63) is 88.7 Å². The zero-order chi connectivity index (χ0) is 42.9. The molecule has 3 aromatic rings. The molecular weight excluding hydrogens is 780 g/mol. The summed E-state index contributed by atoms with van der Waals surface area (Å²) in [5, 5.41) is 105. The van der Waals surface area contributed by atoms with Crippen LogP contribution in [0.2, 0.25) is 0 Å². The SMILES string of the molecule is C=Cc1cc(C2[OH+]c3cc(O)cc(O)c3C=C2O[C@@H]2O[C@H](COC(=O)[C@]3(O)C[C@@H](O)[C@@H](O)[C@H](OC(=O)/C=C/c4ccc(O)c(O)c4)C3)[C@@H](O)[C@H](O)[C@H]2O)cc(OC)c1C. The first kappa shape index (κ1) is 42.7. The highest BCUT2D eigenvalue weighted by Gasteiger charge is 2.52. The van der Waals surface area contributed by atoms with E-state index >= 15 is 0 Å². The van der Waals surface area contributed by atoms with Crippen LogP contribution in [0, 0.1) is 6.92 Å². The van der Waals surface area contributed by atoms with Crippen molar-refractivity contribution in [2.24, 2.45) is 0 Å². The number of ether oxygens (including phenoxy) is 6. The maximum atomic E-state index is 13.3. The molecule has 2 heterocycles. The summed E-state index contributed by atoms with van der Waals surface area (Å²) >= 11 is 0. The molecule has 18 heteroatoms. The van der Waals surface area contributed by atoms with Gasteiger partial charge in [-0.25, -0.2) is 9.59 Å². The molecule has 0 radical (unpaired) electrons. The van der Waals surface area contributed by atoms with E-state index in [1.165, 1.54) is 37.5 Å². The van der Waals surface area contributed by atoms with E-state index in [2.05, 4.69) is 11.3 Å². The molecule has 2 aliphatic heterocycles. The van der Waals surface area contributed by atoms with Crippen molar-refractivity contribution in [2.45, 2.75) is 80.5 Å². The van der Waals surface area contributed by atoms with E-state index in [0.29, 0.717) is 22.4 Å². The van der Waals surface area contributed by atoms with Crippen molar-refractivity contribution in [1.82, 2.24) is 0 Å². The van der Waals surface area contributed by atoms with Gasteiger partial charge in [0.2, 0.25) is 6.29 Å². The molecule has 2 fully saturated rings. The van der Waals surface area contributed by atoms with Gasteiger partial charge in [0.15, 0.2) is 22.9 Å². The summed E-state index contributed by atoms with van der Waals surface area (Å²) in [6.07, 6.45) is -11.5. The summed E-state index contributed by atoms with van der Waals surface area (Å²) in [7, 11) is 1.47. The lowest BCUT2D eigenvalue weighted by Crippen LogP contribution is -2.60. The van der Waals surface area contributed by atoms with Gasteiger partial charge in [0, 0.05) is 31.1 Å². The van der Waals surface area contributed by atoms with Crippen LogP contribution < -0.4 is 4.74 Å². The topological polar surface area (TPSA) is 295 Å². The van der Waals surface area contributed by atoms with Crippen molar-refractivity contribution in [3.63, 3.8) is 0 Å². The highest BCUT2D eigenvalue weighted by atomic mass is 16.7. The van der Waals surface area contributed by atoms with Crippen molar-refractivity contribution >= 4 is 30.2 Å². The normalized spacial score (nSPS) is 29.1. The van der Waals surface area contributed by atoms with Gasteiger partial charge in [0.25, 0.3) is 11.9 Å². The molecule has 1 saturated heterocycles. The Kier molecular flexibility index (Phi) is 12.4. The molecule has 0 aromatic heterocycles. The predicted octanol–water partition coefficient (Wildman–Crippen LogP) is 1.05. The second-order valence-electron chi connectivity index (χ2n) is 14.4. The number of fused-ring (bicyclic) bond motifs is 1. The van der Waals surface area contributed by atoms with Gasteiger partial charge in [0.05, 0.1) is 24.8 Å². The van der Waals surface area contributed by atoms with Gasteiger partial charge < -0.3 is 79.5 Å². The first-order valence-corrected chi connectivity index (χ1v) is 18.2. The number of rotatable bonds is 11. The second kappa shape index (κ2) is 17.2. The Morgan fingerprint density at radius 2 is 1.68 bits per heavy atom. The number of hydrogen-bond acceptors (Lipinski definition) is 17. The third kappa shape index (κ3) is 8.93. The molecule has 11 N–H and O–H groups in total. The smallest absolute Gasteiger partial charge is 0.338 e. The maximum absolute atomic E-state index is 13.3. The van der Waals surface area contributed by atoms with E-state index in [0.717, 1.165) is 23.8 Å². The van der Waals surface area contributed by atoms with Crippen LogP contribution in [-0.2, 0) is 28.5 Å². The molecule has 3 aromatic carbocycles. The van der Waals surface area contributed by atoms with Gasteiger partial charge >= 0.3 is 11.9 Å². The summed E-state index contributed by atoms with van der Waals surface area (Å²) in [5.74, 6) is -3.24. The molecule has 3 aliphatic rings. The number of benzene rings is 3. The molecule has 0 bridgehead atoms. The minimum atomic E-state index is -2.53. The van der Waals surface area contributed by atoms with Crippen LogP contribution in [0.25, 0.3) is 18.2 Å². The molecule has 18 nitrogen and oxygen atoms in total. The van der Waals surface area contributed by atoms with Crippen molar-refractivity contribution in [2.75, 3.05) is 13.7 Å². The fourth-order valence-electron chi connectivity index (χ4n) is 7.04. The number of carbonyl (C=O) groups excluding carboxylic acids is 2. The van der Waals surface area contributed by atoms with Gasteiger partial charge in [-0.05, 0) is 54.0 Å². The van der Waals surface area contributed by atoms with Crippen LogP contribution in [0.5, 0.6) is 34.5 Å². The molecule has 0 amide bonds. The van der Waals surface area contributed by atoms with Crippen LogP contribution in [0.3, 0.4) is 0 Å². The van der Waals surface area contributed by atoms with Crippen LogP contribution >= 0.6 is 0 Å². The van der Waals surface area contributed by atoms with E-state index < -0.39 is 97.9 Å². The molecule has 59 heavy (non-hydrogen) atoms. The highest BCUT2D eigenvalue weighted by Crippen LogP contribution is 2.46. The summed E-state index contributed by atoms with van der Waals surface area (Å²) in [6.45, 7) is 4.83. The Morgan fingerprint density at radius 1 is 0.932 bits per heavy atom. The summed E-state index contributed by atoms with van der Waals surface area (Å²) in [6, 6.07) is 9.56. The summed E-state index contributed by atoms with van der Waals surface area (Å²) in [5.41, 5.74) is -0.156. The average molecular weight is 826 g/mol. The molecule has 1 saturated carbocycles. The van der Waals surface area contributed by atoms with E-state index in [9.17, 15) is 60.7 Å². The Balaban J connectivity index is 1.18. The highest BCUT2D eigenvalue weighted by molar-refractivity contribution is 5.87. The first-order valence-electron chi connectivity index (χ1n) is 18.2. The quantitative estimate of drug-likeness (QED) is 0.0559. The standard InChI is InChI=1S/C41H44O18/c1-4-20-10-21(11-28(54-3)18(20)2)38-30(14-23-25(44)12-22(42)13-29(23)57-38)58-39-37(51)36(50)35(49)32(59-39)17-55-40(52)41(53)15-27(46)34(48)31(16-41)56-33(47)8-6-19-5-7-24(43)26(45)9-19/h4-14,27,31-32,34-39,42-46,48-51,53H,1,15-17H2,2-3H3/p+1/b8-6+/t27-,31-,32-,34-,35-,36+,37-,38?,39-,41+/m1/s1. The summed E-state index contributed by atoms with van der Waals surface area (Å²) < 4.78 is 32.7. The lowest BCUT2D eigenvalue weighted by molar-refractivity contribution is -0.297. The second-order valence-corrected chi connectivity index (χ2v) is 14.4. The average Bonchev–Trinajstić information content (AvgIpc) is 3.19. The lowest BCUT2D eigenvalue weighted by atomic mass is 9.79. The number of methoxy groups -OCH3 is 1. The third-order valence-corrected chi connectivity index (χ3v) is 10.3. The number of hydrogen-bond donors (Lipinski definition) is 10. The van der Waals surface area contributed by atoms with E-state index in [1.54, 1.807) is 18.2 Å². The van der Waals surface area contributed by atoms with Gasteiger partial charge in [0.1, 0.15) is 66.0 Å². The monoisotopic (exact) mass is 825 g/mol. The Labute approximate surface area is 336 Å². The largest absolute Gasteiger partial charge is 0.571 e. The Morgan fingerprint density at radius 3 is 2.37 bits per heavy atom. The maximum Gasteiger partial charge on any atom is 0.338 e. The number of aromatic hydroxyl groups is 5. The number of phenolic OH excluding ortho intramolecular Hbond substituents is 4. The zero-order valence-electron chi connectivity index (χ0n) is 31.7. The predicted molar refractivity (Wildman–Crippen MR) is 204 cm³/mol. The van der Waals surface area contributed by atoms with Gasteiger partial charge in [-0.1, -0.05) is 18.7 Å². The molecule has 1 aliphatic carbocycles. The zero-order valence-corrected chi connectivity index (χ0v) is 31.7. The van der Waals surface area contributed by atoms with Gasteiger partial charge in [-0.3, -0.25) is 0 Å². The Hall–Kier alpha value is -5.86. The van der Waals surface area contributed by atoms with Crippen LogP contribution in [0.15, 0.2) is 60.9 Å². The number of phenols is 4. The fourth-order valence-corrected chi connectivity index (χ4v) is 7.04. The number of esters is 2. The molecule has 316 valence electrons. The van der Waals surface area contributed by atoms with E-state index in [1.807, 2.05) is 6.92 Å².